The van der Waals surface area contributed by atoms with Crippen molar-refractivity contribution < 1.29 is 48.5 Å². The first-order valence-electron chi connectivity index (χ1n) is 2.26. The molecule has 1 aromatic rings. The second-order valence-electron chi connectivity index (χ2n) is 1.49. The number of hydrogen-bond acceptors (Lipinski definition) is 0. The van der Waals surface area contributed by atoms with Crippen molar-refractivity contribution in [3.8, 4) is 0 Å². The van der Waals surface area contributed by atoms with Crippen LogP contribution >= 0.6 is 0 Å². The molecule has 0 aromatic heterocycles. The molecule has 1 aromatic carbocycles. The molecule has 0 fully saturated rings. The molecule has 0 nitrogen and oxygen atoms in total. The van der Waals surface area contributed by atoms with E-state index in [0.717, 1.165) is 26.1 Å². The van der Waals surface area contributed by atoms with Crippen molar-refractivity contribution in [2.75, 3.05) is 0 Å². The summed E-state index contributed by atoms with van der Waals surface area (Å²) in [4.78, 5) is 0. The van der Waals surface area contributed by atoms with E-state index in [1.165, 1.54) is 3.07 Å². The van der Waals surface area contributed by atoms with Crippen molar-refractivity contribution in [2.45, 2.75) is 0 Å². The summed E-state index contributed by atoms with van der Waals surface area (Å²) >= 11 is 0.810. The quantitative estimate of drug-likeness (QED) is 0.581. The maximum absolute atomic E-state index is 2.17. The average molecular weight is 386 g/mol. The van der Waals surface area contributed by atoms with E-state index >= 15 is 0 Å². The second-order valence-corrected chi connectivity index (χ2v) is 4.66. The summed E-state index contributed by atoms with van der Waals surface area (Å²) in [6, 6.07) is 10.6. The Balaban J connectivity index is 0.000000490. The predicted octanol–water partition coefficient (Wildman–Crippen LogP) is 0.856. The zero-order chi connectivity index (χ0) is 5.11. The average Bonchev–Trinajstić information content (AvgIpc) is 1.69. The van der Waals surface area contributed by atoms with Crippen LogP contribution < -0.4 is 3.07 Å². The molecule has 0 spiro atoms. The van der Waals surface area contributed by atoms with Crippen LogP contribution in [0.2, 0.25) is 0 Å². The molecule has 0 N–H and O–H groups in total. The molecule has 0 unspecified atom stereocenters. The molecule has 2 heteroatoms. The van der Waals surface area contributed by atoms with Gasteiger partial charge >= 0.3 is 59.5 Å². The van der Waals surface area contributed by atoms with Gasteiger partial charge in [0, 0.05) is 22.4 Å². The summed E-state index contributed by atoms with van der Waals surface area (Å²) in [6.45, 7) is 0. The van der Waals surface area contributed by atoms with Gasteiger partial charge in [0.1, 0.15) is 0 Å². The fraction of sp³-hybridized carbons (Fsp3) is 0. The standard InChI is InChI=1S/C6H5.Ag.Hg/c1-2-4-6-5-3-1;;/h1-5H;;. The summed E-state index contributed by atoms with van der Waals surface area (Å²) < 4.78 is 1.52. The summed E-state index contributed by atoms with van der Waals surface area (Å²) in [6.07, 6.45) is 0. The van der Waals surface area contributed by atoms with Gasteiger partial charge in [-0.3, -0.25) is 0 Å². The third kappa shape index (κ3) is 3.03. The van der Waals surface area contributed by atoms with Crippen molar-refractivity contribution in [3.05, 3.63) is 30.3 Å². The Kier molecular flexibility index (Phi) is 5.28. The van der Waals surface area contributed by atoms with Crippen LogP contribution in [0.25, 0.3) is 0 Å². The molecule has 42 valence electrons. The van der Waals surface area contributed by atoms with E-state index in [1.54, 1.807) is 0 Å². The number of hydrogen-bond donors (Lipinski definition) is 0. The maximum atomic E-state index is 2.17. The Labute approximate surface area is 81.2 Å². The van der Waals surface area contributed by atoms with Crippen LogP contribution in [0.3, 0.4) is 0 Å². The zero-order valence-electron chi connectivity index (χ0n) is 4.40. The van der Waals surface area contributed by atoms with Crippen LogP contribution in [0.4, 0.5) is 0 Å². The second kappa shape index (κ2) is 4.74. The van der Waals surface area contributed by atoms with Gasteiger partial charge in [-0.05, 0) is 0 Å². The van der Waals surface area contributed by atoms with Crippen molar-refractivity contribution in [2.24, 2.45) is 0 Å². The Hall–Kier alpha value is 0.895. The third-order valence-corrected chi connectivity index (χ3v) is 2.68. The van der Waals surface area contributed by atoms with Gasteiger partial charge in [-0.15, -0.1) is 0 Å². The molecule has 1 rings (SSSR count). The van der Waals surface area contributed by atoms with Gasteiger partial charge in [-0.1, -0.05) is 0 Å². The van der Waals surface area contributed by atoms with Crippen LogP contribution in [0.1, 0.15) is 0 Å². The topological polar surface area (TPSA) is 0 Å². The van der Waals surface area contributed by atoms with Crippen molar-refractivity contribution in [1.82, 2.24) is 0 Å². The van der Waals surface area contributed by atoms with E-state index in [4.69, 9.17) is 0 Å². The summed E-state index contributed by atoms with van der Waals surface area (Å²) in [7, 11) is 0. The molecule has 0 heterocycles. The van der Waals surface area contributed by atoms with E-state index in [1.807, 2.05) is 0 Å². The van der Waals surface area contributed by atoms with Crippen LogP contribution in [0.5, 0.6) is 0 Å². The molecule has 8 heavy (non-hydrogen) atoms. The minimum absolute atomic E-state index is 0. The molecule has 0 aliphatic rings. The van der Waals surface area contributed by atoms with E-state index < -0.39 is 0 Å². The van der Waals surface area contributed by atoms with Crippen LogP contribution in [0, 0.1) is 0 Å². The van der Waals surface area contributed by atoms with Crippen LogP contribution in [-0.4, -0.2) is 0 Å². The molecule has 0 saturated carbocycles. The van der Waals surface area contributed by atoms with Gasteiger partial charge in [0.15, 0.2) is 0 Å². The number of rotatable bonds is 0. The summed E-state index contributed by atoms with van der Waals surface area (Å²) in [5, 5.41) is 0. The minimum atomic E-state index is 0. The van der Waals surface area contributed by atoms with Crippen molar-refractivity contribution >= 4 is 3.07 Å². The molecule has 0 atom stereocenters. The van der Waals surface area contributed by atoms with E-state index in [9.17, 15) is 0 Å². The Morgan fingerprint density at radius 3 is 1.75 bits per heavy atom. The van der Waals surface area contributed by atoms with E-state index in [-0.39, 0.29) is 22.4 Å². The SMILES string of the molecule is [Ag].[Hg][c]1ccccc1. The van der Waals surface area contributed by atoms with Crippen LogP contribution in [-0.2, 0) is 48.5 Å². The van der Waals surface area contributed by atoms with E-state index in [2.05, 4.69) is 30.3 Å². The van der Waals surface area contributed by atoms with Crippen molar-refractivity contribution in [3.63, 3.8) is 0 Å². The molecule has 0 aliphatic carbocycles. The fourth-order valence-electron chi connectivity index (χ4n) is 0.478. The normalized spacial score (nSPS) is 7.75. The molecular formula is C6H5AgHg. The molecule has 0 saturated heterocycles. The Morgan fingerprint density at radius 2 is 1.50 bits per heavy atom. The molecule has 0 bridgehead atoms. The first kappa shape index (κ1) is 8.90. The number of benzene rings is 1. The first-order chi connectivity index (χ1) is 3.39. The first-order valence-corrected chi connectivity index (χ1v) is 5.01. The fourth-order valence-corrected chi connectivity index (χ4v) is 1.54. The molecule has 1 radical (unpaired) electrons. The van der Waals surface area contributed by atoms with Crippen molar-refractivity contribution in [1.29, 1.82) is 0 Å². The molecule has 0 aliphatic heterocycles. The zero-order valence-corrected chi connectivity index (χ0v) is 11.4. The van der Waals surface area contributed by atoms with E-state index in [0.29, 0.717) is 0 Å². The monoisotopic (exact) mass is 386 g/mol. The Bertz CT molecular complexity index is 138. The van der Waals surface area contributed by atoms with Gasteiger partial charge in [0.25, 0.3) is 0 Å². The molecular weight excluding hydrogens is 381 g/mol. The van der Waals surface area contributed by atoms with Gasteiger partial charge < -0.3 is 0 Å². The van der Waals surface area contributed by atoms with Gasteiger partial charge in [0.05, 0.1) is 0 Å². The Morgan fingerprint density at radius 1 is 1.00 bits per heavy atom. The van der Waals surface area contributed by atoms with Gasteiger partial charge in [0.2, 0.25) is 0 Å². The van der Waals surface area contributed by atoms with Crippen LogP contribution in [0.15, 0.2) is 30.3 Å². The summed E-state index contributed by atoms with van der Waals surface area (Å²) in [5.74, 6) is 0. The molecule has 0 amide bonds. The summed E-state index contributed by atoms with van der Waals surface area (Å²) in [5.41, 5.74) is 0. The predicted molar refractivity (Wildman–Crippen MR) is 26.1 cm³/mol. The third-order valence-electron chi connectivity index (χ3n) is 0.843. The van der Waals surface area contributed by atoms with Gasteiger partial charge in [-0.2, -0.15) is 0 Å². The van der Waals surface area contributed by atoms with Gasteiger partial charge in [-0.25, -0.2) is 0 Å².